The van der Waals surface area contributed by atoms with E-state index in [2.05, 4.69) is 4.74 Å². The van der Waals surface area contributed by atoms with E-state index < -0.39 is 22.9 Å². The highest BCUT2D eigenvalue weighted by Crippen LogP contribution is 2.25. The fourth-order valence-electron chi connectivity index (χ4n) is 1.51. The second kappa shape index (κ2) is 8.18. The smallest absolute Gasteiger partial charge is 0.325 e. The van der Waals surface area contributed by atoms with Gasteiger partial charge < -0.3 is 9.64 Å². The van der Waals surface area contributed by atoms with Gasteiger partial charge in [-0.05, 0) is 12.1 Å². The van der Waals surface area contributed by atoms with Crippen LogP contribution in [0.1, 0.15) is 0 Å². The Balaban J connectivity index is 2.88. The number of ether oxygens (including phenoxy) is 1. The van der Waals surface area contributed by atoms with Crippen LogP contribution < -0.4 is 4.90 Å². The summed E-state index contributed by atoms with van der Waals surface area (Å²) in [5.74, 6) is -1.15. The molecule has 0 heterocycles. The lowest BCUT2D eigenvalue weighted by molar-refractivity contribution is -0.138. The summed E-state index contributed by atoms with van der Waals surface area (Å²) in [6.07, 6.45) is 1.38. The van der Waals surface area contributed by atoms with Crippen molar-refractivity contribution >= 4 is 34.3 Å². The molecule has 0 amide bonds. The molecule has 0 aliphatic carbocycles. The van der Waals surface area contributed by atoms with Gasteiger partial charge in [-0.25, -0.2) is 8.60 Å². The van der Waals surface area contributed by atoms with E-state index in [-0.39, 0.29) is 30.4 Å². The van der Waals surface area contributed by atoms with Gasteiger partial charge in [0.05, 0.1) is 24.4 Å². The summed E-state index contributed by atoms with van der Waals surface area (Å²) in [5, 5.41) is -0.0441. The Morgan fingerprint density at radius 2 is 2.20 bits per heavy atom. The van der Waals surface area contributed by atoms with Crippen molar-refractivity contribution in [3.8, 4) is 0 Å². The third-order valence-corrected chi connectivity index (χ3v) is 3.22. The first-order chi connectivity index (χ1) is 9.45. The molecular formula is C12H15ClFNO4S. The Bertz CT molecular complexity index is 500. The first-order valence-electron chi connectivity index (χ1n) is 5.68. The van der Waals surface area contributed by atoms with Crippen LogP contribution in [0.2, 0.25) is 5.02 Å². The fraction of sp³-hybridized carbons (Fsp3) is 0.417. The van der Waals surface area contributed by atoms with Gasteiger partial charge in [-0.3, -0.25) is 8.98 Å². The average Bonchev–Trinajstić information content (AvgIpc) is 2.40. The highest BCUT2D eigenvalue weighted by atomic mass is 35.5. The van der Waals surface area contributed by atoms with E-state index in [1.54, 1.807) is 6.07 Å². The van der Waals surface area contributed by atoms with Gasteiger partial charge in [-0.15, -0.1) is 0 Å². The van der Waals surface area contributed by atoms with Gasteiger partial charge in [-0.1, -0.05) is 17.7 Å². The maximum atomic E-state index is 14.0. The van der Waals surface area contributed by atoms with E-state index in [0.717, 1.165) is 0 Å². The van der Waals surface area contributed by atoms with Crippen molar-refractivity contribution in [3.63, 3.8) is 0 Å². The topological polar surface area (TPSA) is 55.8 Å². The first-order valence-corrected chi connectivity index (χ1v) is 7.54. The molecule has 0 N–H and O–H groups in total. The molecule has 0 radical (unpaired) electrons. The van der Waals surface area contributed by atoms with Gasteiger partial charge in [0.1, 0.15) is 6.54 Å². The van der Waals surface area contributed by atoms with Crippen molar-refractivity contribution in [3.05, 3.63) is 29.0 Å². The molecule has 0 spiro atoms. The number of anilines is 1. The van der Waals surface area contributed by atoms with Crippen LogP contribution in [0, 0.1) is 5.82 Å². The molecule has 1 rings (SSSR count). The van der Waals surface area contributed by atoms with Crippen LogP contribution in [0.5, 0.6) is 0 Å². The molecular weight excluding hydrogens is 309 g/mol. The van der Waals surface area contributed by atoms with E-state index in [1.807, 2.05) is 0 Å². The van der Waals surface area contributed by atoms with Crippen LogP contribution in [0.3, 0.4) is 0 Å². The summed E-state index contributed by atoms with van der Waals surface area (Å²) in [6.45, 7) is 0.0888. The van der Waals surface area contributed by atoms with Gasteiger partial charge in [0.15, 0.2) is 16.9 Å². The molecule has 1 aromatic rings. The Labute approximate surface area is 124 Å². The van der Waals surface area contributed by atoms with Crippen LogP contribution in [0.15, 0.2) is 18.2 Å². The predicted octanol–water partition coefficient (Wildman–Crippen LogP) is 1.77. The van der Waals surface area contributed by atoms with Crippen LogP contribution in [-0.4, -0.2) is 43.2 Å². The van der Waals surface area contributed by atoms with Crippen molar-refractivity contribution in [2.45, 2.75) is 0 Å². The summed E-state index contributed by atoms with van der Waals surface area (Å²) >= 11 is 4.29. The number of nitrogens with zero attached hydrogens (tertiary/aromatic N) is 1. The van der Waals surface area contributed by atoms with Crippen LogP contribution in [0.4, 0.5) is 10.1 Å². The zero-order valence-electron chi connectivity index (χ0n) is 11.1. The molecule has 1 unspecified atom stereocenters. The highest BCUT2D eigenvalue weighted by Gasteiger charge is 2.17. The molecule has 8 heteroatoms. The summed E-state index contributed by atoms with van der Waals surface area (Å²) in [5.41, 5.74) is 0.161. The standard InChI is InChI=1S/C12H15ClFNO4S/c1-18-11(16)8-15(6-7-19-20(2)17)10-5-3-4-9(13)12(10)14/h3-5H,6-8H2,1-2H3. The minimum Gasteiger partial charge on any atom is -0.468 e. The summed E-state index contributed by atoms with van der Waals surface area (Å²) < 4.78 is 34.3. The molecule has 0 saturated carbocycles. The molecule has 0 aliphatic heterocycles. The van der Waals surface area contributed by atoms with Crippen molar-refractivity contribution in [2.24, 2.45) is 0 Å². The Kier molecular flexibility index (Phi) is 6.90. The van der Waals surface area contributed by atoms with E-state index >= 15 is 0 Å². The van der Waals surface area contributed by atoms with E-state index in [0.29, 0.717) is 0 Å². The quantitative estimate of drug-likeness (QED) is 0.716. The molecule has 0 fully saturated rings. The normalized spacial score (nSPS) is 12.0. The molecule has 0 aliphatic rings. The second-order valence-corrected chi connectivity index (χ2v) is 5.24. The highest BCUT2D eigenvalue weighted by molar-refractivity contribution is 7.79. The Morgan fingerprint density at radius 3 is 2.80 bits per heavy atom. The van der Waals surface area contributed by atoms with Gasteiger partial charge >= 0.3 is 5.97 Å². The molecule has 0 aromatic heterocycles. The predicted molar refractivity (Wildman–Crippen MR) is 75.7 cm³/mol. The second-order valence-electron chi connectivity index (χ2n) is 3.79. The van der Waals surface area contributed by atoms with E-state index in [4.69, 9.17) is 15.8 Å². The number of esters is 1. The fourth-order valence-corrected chi connectivity index (χ4v) is 1.99. The van der Waals surface area contributed by atoms with Gasteiger partial charge in [-0.2, -0.15) is 0 Å². The van der Waals surface area contributed by atoms with Gasteiger partial charge in [0, 0.05) is 12.8 Å². The number of carbonyl (C=O) groups excluding carboxylic acids is 1. The van der Waals surface area contributed by atoms with Crippen molar-refractivity contribution in [1.82, 2.24) is 0 Å². The van der Waals surface area contributed by atoms with Crippen molar-refractivity contribution in [2.75, 3.05) is 38.0 Å². The lowest BCUT2D eigenvalue weighted by Gasteiger charge is -2.23. The molecule has 5 nitrogen and oxygen atoms in total. The number of halogens is 2. The van der Waals surface area contributed by atoms with Crippen LogP contribution >= 0.6 is 11.6 Å². The summed E-state index contributed by atoms with van der Waals surface area (Å²) in [7, 11) is 1.24. The molecule has 112 valence electrons. The molecule has 0 bridgehead atoms. The molecule has 20 heavy (non-hydrogen) atoms. The maximum absolute atomic E-state index is 14.0. The number of hydrogen-bond donors (Lipinski definition) is 0. The maximum Gasteiger partial charge on any atom is 0.325 e. The molecule has 0 saturated heterocycles. The number of hydrogen-bond acceptors (Lipinski definition) is 5. The number of benzene rings is 1. The third-order valence-electron chi connectivity index (χ3n) is 2.43. The van der Waals surface area contributed by atoms with Gasteiger partial charge in [0.25, 0.3) is 0 Å². The van der Waals surface area contributed by atoms with Crippen molar-refractivity contribution in [1.29, 1.82) is 0 Å². The van der Waals surface area contributed by atoms with E-state index in [1.165, 1.54) is 30.4 Å². The zero-order valence-corrected chi connectivity index (χ0v) is 12.7. The molecule has 1 aromatic carbocycles. The zero-order chi connectivity index (χ0) is 15.1. The van der Waals surface area contributed by atoms with Crippen LogP contribution in [0.25, 0.3) is 0 Å². The van der Waals surface area contributed by atoms with E-state index in [9.17, 15) is 13.4 Å². The average molecular weight is 324 g/mol. The SMILES string of the molecule is COC(=O)CN(CCOS(C)=O)c1cccc(Cl)c1F. The number of carbonyl (C=O) groups is 1. The lowest BCUT2D eigenvalue weighted by atomic mass is 10.2. The largest absolute Gasteiger partial charge is 0.468 e. The summed E-state index contributed by atoms with van der Waals surface area (Å²) in [4.78, 5) is 12.8. The minimum atomic E-state index is -1.43. The Morgan fingerprint density at radius 1 is 1.50 bits per heavy atom. The lowest BCUT2D eigenvalue weighted by Crippen LogP contribution is -2.34. The minimum absolute atomic E-state index is 0.0441. The third kappa shape index (κ3) is 5.07. The number of methoxy groups -OCH3 is 1. The number of rotatable bonds is 7. The van der Waals surface area contributed by atoms with Gasteiger partial charge in [0.2, 0.25) is 0 Å². The Hall–Kier alpha value is -1.18. The monoisotopic (exact) mass is 323 g/mol. The first kappa shape index (κ1) is 16.9. The van der Waals surface area contributed by atoms with Crippen LogP contribution in [-0.2, 0) is 24.8 Å². The molecule has 1 atom stereocenters. The summed E-state index contributed by atoms with van der Waals surface area (Å²) in [6, 6.07) is 4.48. The van der Waals surface area contributed by atoms with Crippen molar-refractivity contribution < 1.29 is 22.3 Å².